The summed E-state index contributed by atoms with van der Waals surface area (Å²) in [5, 5.41) is 0. The van der Waals surface area contributed by atoms with E-state index in [9.17, 15) is 13.2 Å². The van der Waals surface area contributed by atoms with Crippen LogP contribution in [-0.2, 0) is 21.2 Å². The molecular formula is C23H30N2O4S. The fraction of sp³-hybridized carbons (Fsp3) is 0.435. The molecule has 1 aliphatic heterocycles. The number of sulfonamides is 1. The first-order chi connectivity index (χ1) is 14.5. The molecule has 1 heterocycles. The summed E-state index contributed by atoms with van der Waals surface area (Å²) in [6.45, 7) is 1.51. The van der Waals surface area contributed by atoms with E-state index < -0.39 is 10.0 Å². The molecule has 30 heavy (non-hydrogen) atoms. The van der Waals surface area contributed by atoms with Crippen molar-refractivity contribution >= 4 is 15.9 Å². The highest BCUT2D eigenvalue weighted by Crippen LogP contribution is 2.21. The van der Waals surface area contributed by atoms with Crippen LogP contribution in [0.25, 0.3) is 0 Å². The van der Waals surface area contributed by atoms with E-state index in [0.717, 1.165) is 31.2 Å². The molecule has 0 aliphatic carbocycles. The zero-order valence-corrected chi connectivity index (χ0v) is 18.3. The van der Waals surface area contributed by atoms with Gasteiger partial charge in [0.25, 0.3) is 0 Å². The SMILES string of the molecule is COc1ccc(S(=O)(=O)N(CCc2ccccc2)CC(=O)N2CCCCCC2)cc1. The monoisotopic (exact) mass is 430 g/mol. The van der Waals surface area contributed by atoms with Crippen molar-refractivity contribution in [1.29, 1.82) is 0 Å². The van der Waals surface area contributed by atoms with Gasteiger partial charge in [-0.2, -0.15) is 4.31 Å². The first kappa shape index (κ1) is 22.3. The van der Waals surface area contributed by atoms with Crippen molar-refractivity contribution in [1.82, 2.24) is 9.21 Å². The molecule has 6 nitrogen and oxygen atoms in total. The van der Waals surface area contributed by atoms with E-state index in [4.69, 9.17) is 4.74 Å². The van der Waals surface area contributed by atoms with E-state index >= 15 is 0 Å². The maximum Gasteiger partial charge on any atom is 0.243 e. The predicted molar refractivity (Wildman–Crippen MR) is 117 cm³/mol. The Morgan fingerprint density at radius 2 is 1.60 bits per heavy atom. The van der Waals surface area contributed by atoms with Gasteiger partial charge in [-0.1, -0.05) is 43.2 Å². The van der Waals surface area contributed by atoms with Crippen molar-refractivity contribution in [2.75, 3.05) is 33.3 Å². The molecule has 2 aromatic rings. The molecule has 1 aliphatic rings. The lowest BCUT2D eigenvalue weighted by Crippen LogP contribution is -2.44. The molecule has 0 aromatic heterocycles. The fourth-order valence-corrected chi connectivity index (χ4v) is 5.04. The summed E-state index contributed by atoms with van der Waals surface area (Å²) in [5.74, 6) is 0.465. The largest absolute Gasteiger partial charge is 0.497 e. The molecule has 3 rings (SSSR count). The second-order valence-electron chi connectivity index (χ2n) is 7.54. The maximum absolute atomic E-state index is 13.4. The molecule has 0 atom stereocenters. The number of hydrogen-bond donors (Lipinski definition) is 0. The standard InChI is InChI=1S/C23H30N2O4S/c1-29-21-11-13-22(14-12-21)30(27,28)25(18-15-20-9-5-4-6-10-20)19-23(26)24-16-7-2-3-8-17-24/h4-6,9-14H,2-3,7-8,15-19H2,1H3. The van der Waals surface area contributed by atoms with Crippen LogP contribution in [0, 0.1) is 0 Å². The van der Waals surface area contributed by atoms with Crippen molar-refractivity contribution in [3.8, 4) is 5.75 Å². The van der Waals surface area contributed by atoms with Crippen LogP contribution in [-0.4, -0.2) is 56.8 Å². The number of hydrogen-bond acceptors (Lipinski definition) is 4. The summed E-state index contributed by atoms with van der Waals surface area (Å²) < 4.78 is 33.2. The number of rotatable bonds is 8. The molecule has 162 valence electrons. The van der Waals surface area contributed by atoms with Gasteiger partial charge in [-0.05, 0) is 49.1 Å². The molecule has 7 heteroatoms. The van der Waals surface area contributed by atoms with E-state index in [1.165, 1.54) is 23.5 Å². The average molecular weight is 431 g/mol. The van der Waals surface area contributed by atoms with Crippen LogP contribution in [0.4, 0.5) is 0 Å². The Balaban J connectivity index is 1.80. The number of benzene rings is 2. The Labute approximate surface area is 179 Å². The van der Waals surface area contributed by atoms with Gasteiger partial charge in [0.15, 0.2) is 0 Å². The molecule has 1 amide bonds. The van der Waals surface area contributed by atoms with Crippen LogP contribution in [0.15, 0.2) is 59.5 Å². The van der Waals surface area contributed by atoms with Crippen molar-refractivity contribution < 1.29 is 17.9 Å². The summed E-state index contributed by atoms with van der Waals surface area (Å²) in [5.41, 5.74) is 1.04. The lowest BCUT2D eigenvalue weighted by Gasteiger charge is -2.26. The number of ether oxygens (including phenoxy) is 1. The number of nitrogens with zero attached hydrogens (tertiary/aromatic N) is 2. The summed E-state index contributed by atoms with van der Waals surface area (Å²) >= 11 is 0. The van der Waals surface area contributed by atoms with E-state index in [-0.39, 0.29) is 23.9 Å². The maximum atomic E-state index is 13.4. The quantitative estimate of drug-likeness (QED) is 0.644. The van der Waals surface area contributed by atoms with E-state index in [1.54, 1.807) is 12.1 Å². The van der Waals surface area contributed by atoms with Gasteiger partial charge in [-0.25, -0.2) is 8.42 Å². The fourth-order valence-electron chi connectivity index (χ4n) is 3.65. The summed E-state index contributed by atoms with van der Waals surface area (Å²) in [4.78, 5) is 14.9. The molecule has 1 fully saturated rings. The van der Waals surface area contributed by atoms with Crippen LogP contribution in [0.3, 0.4) is 0 Å². The molecule has 0 saturated carbocycles. The normalized spacial score (nSPS) is 15.1. The molecule has 0 spiro atoms. The third-order valence-electron chi connectivity index (χ3n) is 5.46. The molecule has 0 bridgehead atoms. The van der Waals surface area contributed by atoms with Gasteiger partial charge < -0.3 is 9.64 Å². The summed E-state index contributed by atoms with van der Waals surface area (Å²) in [6, 6.07) is 16.0. The van der Waals surface area contributed by atoms with Crippen LogP contribution < -0.4 is 4.74 Å². The van der Waals surface area contributed by atoms with Crippen LogP contribution >= 0.6 is 0 Å². The third kappa shape index (κ3) is 5.83. The van der Waals surface area contributed by atoms with Crippen molar-refractivity contribution in [2.24, 2.45) is 0 Å². The Bertz CT molecular complexity index is 906. The number of methoxy groups -OCH3 is 1. The zero-order chi connectivity index (χ0) is 21.4. The Kier molecular flexibility index (Phi) is 7.87. The zero-order valence-electron chi connectivity index (χ0n) is 17.5. The molecule has 0 unspecified atom stereocenters. The smallest absolute Gasteiger partial charge is 0.243 e. The van der Waals surface area contributed by atoms with E-state index in [1.807, 2.05) is 35.2 Å². The van der Waals surface area contributed by atoms with Crippen molar-refractivity contribution in [2.45, 2.75) is 37.0 Å². The number of amides is 1. The summed E-state index contributed by atoms with van der Waals surface area (Å²) in [7, 11) is -2.27. The minimum absolute atomic E-state index is 0.123. The molecule has 0 radical (unpaired) electrons. The molecular weight excluding hydrogens is 400 g/mol. The Morgan fingerprint density at radius 1 is 0.967 bits per heavy atom. The second kappa shape index (κ2) is 10.6. The van der Waals surface area contributed by atoms with Gasteiger partial charge in [0.1, 0.15) is 5.75 Å². The lowest BCUT2D eigenvalue weighted by atomic mass is 10.1. The van der Waals surface area contributed by atoms with Crippen LogP contribution in [0.1, 0.15) is 31.2 Å². The van der Waals surface area contributed by atoms with E-state index in [2.05, 4.69) is 0 Å². The molecule has 2 aromatic carbocycles. The average Bonchev–Trinajstić information content (AvgIpc) is 3.07. The highest BCUT2D eigenvalue weighted by molar-refractivity contribution is 7.89. The number of carbonyl (C=O) groups is 1. The number of carbonyl (C=O) groups excluding carboxylic acids is 1. The first-order valence-electron chi connectivity index (χ1n) is 10.5. The predicted octanol–water partition coefficient (Wildman–Crippen LogP) is 3.33. The van der Waals surface area contributed by atoms with Crippen LogP contribution in [0.5, 0.6) is 5.75 Å². The molecule has 0 N–H and O–H groups in total. The Hall–Kier alpha value is -2.38. The van der Waals surface area contributed by atoms with Crippen LogP contribution in [0.2, 0.25) is 0 Å². The van der Waals surface area contributed by atoms with Crippen molar-refractivity contribution in [3.63, 3.8) is 0 Å². The Morgan fingerprint density at radius 3 is 2.20 bits per heavy atom. The van der Waals surface area contributed by atoms with Gasteiger partial charge in [0.05, 0.1) is 18.6 Å². The summed E-state index contributed by atoms with van der Waals surface area (Å²) in [6.07, 6.45) is 4.72. The third-order valence-corrected chi connectivity index (χ3v) is 7.32. The molecule has 1 saturated heterocycles. The minimum atomic E-state index is -3.81. The topological polar surface area (TPSA) is 66.9 Å². The lowest BCUT2D eigenvalue weighted by molar-refractivity contribution is -0.131. The highest BCUT2D eigenvalue weighted by atomic mass is 32.2. The second-order valence-corrected chi connectivity index (χ2v) is 9.48. The van der Waals surface area contributed by atoms with Gasteiger partial charge in [0, 0.05) is 19.6 Å². The van der Waals surface area contributed by atoms with E-state index in [0.29, 0.717) is 25.3 Å². The number of likely N-dealkylation sites (tertiary alicyclic amines) is 1. The minimum Gasteiger partial charge on any atom is -0.497 e. The van der Waals surface area contributed by atoms with Crippen molar-refractivity contribution in [3.05, 3.63) is 60.2 Å². The van der Waals surface area contributed by atoms with Gasteiger partial charge in [-0.15, -0.1) is 0 Å². The first-order valence-corrected chi connectivity index (χ1v) is 11.9. The highest BCUT2D eigenvalue weighted by Gasteiger charge is 2.28. The van der Waals surface area contributed by atoms with Gasteiger partial charge in [0.2, 0.25) is 15.9 Å². The van der Waals surface area contributed by atoms with Gasteiger partial charge >= 0.3 is 0 Å². The van der Waals surface area contributed by atoms with Gasteiger partial charge in [-0.3, -0.25) is 4.79 Å².